The van der Waals surface area contributed by atoms with Gasteiger partial charge < -0.3 is 24.7 Å². The summed E-state index contributed by atoms with van der Waals surface area (Å²) in [6.45, 7) is 7.86. The number of aromatic nitrogens is 2. The number of ether oxygens (including phenoxy) is 2. The van der Waals surface area contributed by atoms with E-state index in [0.717, 1.165) is 5.56 Å². The Bertz CT molecular complexity index is 1380. The fourth-order valence-electron chi connectivity index (χ4n) is 4.29. The summed E-state index contributed by atoms with van der Waals surface area (Å²) in [4.78, 5) is 15.0. The average Bonchev–Trinajstić information content (AvgIpc) is 2.93. The van der Waals surface area contributed by atoms with Gasteiger partial charge in [0.2, 0.25) is 5.88 Å². The van der Waals surface area contributed by atoms with Gasteiger partial charge in [0.05, 0.1) is 30.2 Å². The summed E-state index contributed by atoms with van der Waals surface area (Å²) in [6, 6.07) is 13.6. The minimum atomic E-state index is -4.00. The predicted molar refractivity (Wildman–Crippen MR) is 151 cm³/mol. The summed E-state index contributed by atoms with van der Waals surface area (Å²) in [5, 5.41) is 14.3. The van der Waals surface area contributed by atoms with Crippen molar-refractivity contribution in [3.05, 3.63) is 66.0 Å². The van der Waals surface area contributed by atoms with Gasteiger partial charge in [-0.2, -0.15) is 0 Å². The first-order chi connectivity index (χ1) is 19.1. The number of rotatable bonds is 11. The monoisotopic (exact) mass is 571 g/mol. The third kappa shape index (κ3) is 7.00. The summed E-state index contributed by atoms with van der Waals surface area (Å²) in [7, 11) is -2.44. The lowest BCUT2D eigenvalue weighted by atomic mass is 9.87. The fraction of sp³-hybridized carbons (Fsp3) is 0.429. The number of hydrogen-bond acceptors (Lipinski definition) is 10. The highest BCUT2D eigenvalue weighted by Gasteiger charge is 2.34. The molecule has 1 aromatic heterocycles. The highest BCUT2D eigenvalue weighted by molar-refractivity contribution is 7.92. The normalized spacial score (nSPS) is 16.4. The lowest BCUT2D eigenvalue weighted by molar-refractivity contribution is -0.109. The zero-order valence-electron chi connectivity index (χ0n) is 23.3. The van der Waals surface area contributed by atoms with Gasteiger partial charge in [-0.15, -0.1) is 5.06 Å². The lowest BCUT2D eigenvalue weighted by Crippen LogP contribution is -2.48. The van der Waals surface area contributed by atoms with Crippen molar-refractivity contribution in [1.82, 2.24) is 20.3 Å². The number of anilines is 1. The molecule has 216 valence electrons. The standard InChI is InChI=1S/C28H37N5O6S/c1-28(2,3)20-10-12-21(13-11-20)40(35,36)32-26-25(27(31-19-30-26)38-17-7-16-34)22-18-29-14-15-33(22)39-24-9-6-5-8-23(24)37-4/h5-6,8-13,19,22,29,34H,7,14-18H2,1-4H3,(H,30,31,32). The van der Waals surface area contributed by atoms with Crippen LogP contribution in [0.1, 0.15) is 44.4 Å². The molecule has 1 aliphatic heterocycles. The molecule has 1 saturated heterocycles. The molecule has 0 bridgehead atoms. The van der Waals surface area contributed by atoms with E-state index in [4.69, 9.17) is 14.3 Å². The third-order valence-electron chi connectivity index (χ3n) is 6.46. The molecule has 0 aliphatic carbocycles. The van der Waals surface area contributed by atoms with Crippen LogP contribution in [-0.4, -0.2) is 68.5 Å². The molecule has 0 saturated carbocycles. The SMILES string of the molecule is COc1ccccc1ON1CCNCC1c1c(NS(=O)(=O)c2ccc(C(C)(C)C)cc2)ncnc1OCCCO. The van der Waals surface area contributed by atoms with Crippen molar-refractivity contribution >= 4 is 15.8 Å². The Hall–Kier alpha value is -3.45. The van der Waals surface area contributed by atoms with Gasteiger partial charge >= 0.3 is 0 Å². The van der Waals surface area contributed by atoms with Gasteiger partial charge in [-0.05, 0) is 35.2 Å². The molecule has 40 heavy (non-hydrogen) atoms. The van der Waals surface area contributed by atoms with E-state index in [-0.39, 0.29) is 35.2 Å². The summed E-state index contributed by atoms with van der Waals surface area (Å²) in [5.74, 6) is 1.35. The molecule has 0 spiro atoms. The van der Waals surface area contributed by atoms with Crippen molar-refractivity contribution < 1.29 is 27.8 Å². The smallest absolute Gasteiger partial charge is 0.263 e. The number of benzene rings is 2. The van der Waals surface area contributed by atoms with E-state index in [0.29, 0.717) is 43.1 Å². The quantitative estimate of drug-likeness (QED) is 0.294. The van der Waals surface area contributed by atoms with Crippen molar-refractivity contribution in [2.75, 3.05) is 44.7 Å². The summed E-state index contributed by atoms with van der Waals surface area (Å²) < 4.78 is 41.0. The maximum Gasteiger partial charge on any atom is 0.263 e. The van der Waals surface area contributed by atoms with E-state index in [2.05, 4.69) is 40.8 Å². The fourth-order valence-corrected chi connectivity index (χ4v) is 5.32. The van der Waals surface area contributed by atoms with Gasteiger partial charge in [-0.25, -0.2) is 18.4 Å². The number of nitrogens with one attached hydrogen (secondary N) is 2. The summed E-state index contributed by atoms with van der Waals surface area (Å²) >= 11 is 0. The van der Waals surface area contributed by atoms with E-state index < -0.39 is 16.1 Å². The molecule has 1 unspecified atom stereocenters. The van der Waals surface area contributed by atoms with Crippen LogP contribution < -0.4 is 24.4 Å². The molecule has 12 heteroatoms. The van der Waals surface area contributed by atoms with Crippen LogP contribution in [0.25, 0.3) is 0 Å². The first kappa shape index (κ1) is 29.5. The number of methoxy groups -OCH3 is 1. The van der Waals surface area contributed by atoms with E-state index in [1.165, 1.54) is 6.33 Å². The first-order valence-corrected chi connectivity index (χ1v) is 14.6. The van der Waals surface area contributed by atoms with Crippen LogP contribution in [0, 0.1) is 0 Å². The molecular weight excluding hydrogens is 534 g/mol. The maximum atomic E-state index is 13.5. The van der Waals surface area contributed by atoms with Crippen molar-refractivity contribution in [2.24, 2.45) is 0 Å². The number of aliphatic hydroxyl groups excluding tert-OH is 1. The molecule has 1 aliphatic rings. The Morgan fingerprint density at radius 1 is 1.10 bits per heavy atom. The number of sulfonamides is 1. The number of piperazine rings is 1. The average molecular weight is 572 g/mol. The van der Waals surface area contributed by atoms with Gasteiger partial charge in [0.1, 0.15) is 6.33 Å². The van der Waals surface area contributed by atoms with E-state index in [1.54, 1.807) is 36.4 Å². The van der Waals surface area contributed by atoms with Crippen LogP contribution >= 0.6 is 0 Å². The van der Waals surface area contributed by atoms with E-state index in [1.807, 2.05) is 24.3 Å². The largest absolute Gasteiger partial charge is 0.493 e. The van der Waals surface area contributed by atoms with Gasteiger partial charge in [0.25, 0.3) is 10.0 Å². The maximum absolute atomic E-state index is 13.5. The Kier molecular flexibility index (Phi) is 9.46. The number of hydrogen-bond donors (Lipinski definition) is 3. The minimum Gasteiger partial charge on any atom is -0.493 e. The van der Waals surface area contributed by atoms with Gasteiger partial charge in [-0.1, -0.05) is 45.0 Å². The first-order valence-electron chi connectivity index (χ1n) is 13.1. The number of nitrogens with zero attached hydrogens (tertiary/aromatic N) is 3. The minimum absolute atomic E-state index is 0.0571. The Morgan fingerprint density at radius 3 is 2.50 bits per heavy atom. The highest BCUT2D eigenvalue weighted by Crippen LogP contribution is 2.37. The van der Waals surface area contributed by atoms with Crippen molar-refractivity contribution in [1.29, 1.82) is 0 Å². The molecule has 11 nitrogen and oxygen atoms in total. The molecule has 0 amide bonds. The molecule has 0 radical (unpaired) electrons. The van der Waals surface area contributed by atoms with Crippen LogP contribution in [0.3, 0.4) is 0 Å². The Balaban J connectivity index is 1.72. The number of para-hydroxylation sites is 2. The van der Waals surface area contributed by atoms with Crippen molar-refractivity contribution in [2.45, 2.75) is 43.5 Å². The second kappa shape index (κ2) is 12.8. The van der Waals surface area contributed by atoms with E-state index in [9.17, 15) is 13.5 Å². The number of hydroxylamine groups is 2. The van der Waals surface area contributed by atoms with Crippen LogP contribution in [0.15, 0.2) is 59.8 Å². The Labute approximate surface area is 235 Å². The molecule has 1 fully saturated rings. The van der Waals surface area contributed by atoms with Crippen LogP contribution in [-0.2, 0) is 15.4 Å². The molecule has 4 rings (SSSR count). The zero-order chi connectivity index (χ0) is 28.8. The predicted octanol–water partition coefficient (Wildman–Crippen LogP) is 3.29. The van der Waals surface area contributed by atoms with Crippen LogP contribution in [0.2, 0.25) is 0 Å². The topological polar surface area (TPSA) is 135 Å². The lowest BCUT2D eigenvalue weighted by Gasteiger charge is -2.36. The highest BCUT2D eigenvalue weighted by atomic mass is 32.2. The molecule has 3 aromatic rings. The third-order valence-corrected chi connectivity index (χ3v) is 7.82. The summed E-state index contributed by atoms with van der Waals surface area (Å²) in [5.41, 5.74) is 1.32. The zero-order valence-corrected chi connectivity index (χ0v) is 24.1. The Morgan fingerprint density at radius 2 is 1.82 bits per heavy atom. The second-order valence-electron chi connectivity index (χ2n) is 10.3. The number of aliphatic hydroxyl groups is 1. The van der Waals surface area contributed by atoms with Crippen LogP contribution in [0.5, 0.6) is 17.4 Å². The molecular formula is C28H37N5O6S. The van der Waals surface area contributed by atoms with Crippen molar-refractivity contribution in [3.63, 3.8) is 0 Å². The molecule has 1 atom stereocenters. The van der Waals surface area contributed by atoms with Crippen LogP contribution in [0.4, 0.5) is 5.82 Å². The molecule has 2 heterocycles. The van der Waals surface area contributed by atoms with Gasteiger partial charge in [0.15, 0.2) is 17.3 Å². The van der Waals surface area contributed by atoms with Crippen molar-refractivity contribution in [3.8, 4) is 17.4 Å². The van der Waals surface area contributed by atoms with Gasteiger partial charge in [0, 0.05) is 32.7 Å². The van der Waals surface area contributed by atoms with E-state index >= 15 is 0 Å². The summed E-state index contributed by atoms with van der Waals surface area (Å²) in [6.07, 6.45) is 1.63. The second-order valence-corrected chi connectivity index (χ2v) is 12.0. The van der Waals surface area contributed by atoms with Gasteiger partial charge in [-0.3, -0.25) is 4.72 Å². The molecule has 3 N–H and O–H groups in total. The molecule has 2 aromatic carbocycles.